The van der Waals surface area contributed by atoms with Gasteiger partial charge in [0.15, 0.2) is 15.7 Å². The van der Waals surface area contributed by atoms with Crippen LogP contribution in [0.1, 0.15) is 19.3 Å². The molecule has 1 unspecified atom stereocenters. The predicted octanol–water partition coefficient (Wildman–Crippen LogP) is 2.60. The number of carbonyl (C=O) groups is 1. The second kappa shape index (κ2) is 13.0. The molecule has 0 saturated carbocycles. The molecule has 10 nitrogen and oxygen atoms in total. The molecule has 0 spiro atoms. The average Bonchev–Trinajstić information content (AvgIpc) is 3.34. The molecule has 0 aliphatic carbocycles. The molecule has 1 aliphatic rings. The van der Waals surface area contributed by atoms with Gasteiger partial charge in [0.25, 0.3) is 0 Å². The Bertz CT molecular complexity index is 1380. The third kappa shape index (κ3) is 7.98. The molecule has 11 heteroatoms. The monoisotopic (exact) mass is 553 g/mol. The highest BCUT2D eigenvalue weighted by molar-refractivity contribution is 7.90. The summed E-state index contributed by atoms with van der Waals surface area (Å²) in [4.78, 5) is 23.5. The van der Waals surface area contributed by atoms with Gasteiger partial charge < -0.3 is 25.4 Å². The number of likely N-dealkylation sites (N-methyl/N-ethyl adjacent to an activating group) is 1. The largest absolute Gasteiger partial charge is 0.491 e. The number of aromatic nitrogens is 2. The molecule has 2 aromatic carbocycles. The summed E-state index contributed by atoms with van der Waals surface area (Å²) >= 11 is 0. The number of likely N-dealkylation sites (tertiary alicyclic amines) is 1. The van der Waals surface area contributed by atoms with Crippen molar-refractivity contribution in [2.24, 2.45) is 0 Å². The Kier molecular flexibility index (Phi) is 9.50. The van der Waals surface area contributed by atoms with Crippen LogP contribution in [0.15, 0.2) is 59.5 Å². The summed E-state index contributed by atoms with van der Waals surface area (Å²) in [6.07, 6.45) is 2.86. The number of sulfone groups is 1. The van der Waals surface area contributed by atoms with Crippen molar-refractivity contribution in [1.82, 2.24) is 20.2 Å². The van der Waals surface area contributed by atoms with Gasteiger partial charge in [-0.25, -0.2) is 18.4 Å². The quantitative estimate of drug-likeness (QED) is 0.273. The van der Waals surface area contributed by atoms with E-state index in [0.717, 1.165) is 30.5 Å². The van der Waals surface area contributed by atoms with Crippen molar-refractivity contribution in [3.63, 3.8) is 0 Å². The standard InChI is InChI=1S/C28H35N5O5S/c1-29-18-22(34)19-38-23-7-3-6-21(16-23)28-31-25(20-9-11-24(12-10-20)39(2,36)37)17-26(32-28)30-13-5-15-33-14-4-8-27(33)35/h3,6-7,9-12,16-17,22,29,34H,4-5,8,13-15,18-19H2,1-2H3,(H,30,31,32). The number of nitrogens with zero attached hydrogens (tertiary/aromatic N) is 3. The normalized spacial score (nSPS) is 14.4. The topological polar surface area (TPSA) is 134 Å². The van der Waals surface area contributed by atoms with Crippen LogP contribution in [0.25, 0.3) is 22.6 Å². The molecule has 3 aromatic rings. The average molecular weight is 554 g/mol. The summed E-state index contributed by atoms with van der Waals surface area (Å²) in [5, 5.41) is 16.2. The zero-order chi connectivity index (χ0) is 27.8. The SMILES string of the molecule is CNCC(O)COc1cccc(-c2nc(NCCCN3CCCC3=O)cc(-c3ccc(S(C)(=O)=O)cc3)n2)c1. The first-order valence-electron chi connectivity index (χ1n) is 13.0. The van der Waals surface area contributed by atoms with Crippen LogP contribution in [0, 0.1) is 0 Å². The van der Waals surface area contributed by atoms with E-state index < -0.39 is 15.9 Å². The Balaban J connectivity index is 1.57. The first kappa shape index (κ1) is 28.5. The van der Waals surface area contributed by atoms with Crippen LogP contribution in [0.5, 0.6) is 5.75 Å². The Morgan fingerprint density at radius 1 is 1.10 bits per heavy atom. The number of hydrogen-bond donors (Lipinski definition) is 3. The number of carbonyl (C=O) groups excluding carboxylic acids is 1. The van der Waals surface area contributed by atoms with Crippen molar-refractivity contribution in [3.05, 3.63) is 54.6 Å². The number of aliphatic hydroxyl groups excluding tert-OH is 1. The van der Waals surface area contributed by atoms with E-state index >= 15 is 0 Å². The molecule has 3 N–H and O–H groups in total. The summed E-state index contributed by atoms with van der Waals surface area (Å²) in [6.45, 7) is 2.70. The predicted molar refractivity (Wildman–Crippen MR) is 150 cm³/mol. The lowest BCUT2D eigenvalue weighted by Gasteiger charge is -2.16. The molecule has 1 amide bonds. The van der Waals surface area contributed by atoms with Crippen LogP contribution >= 0.6 is 0 Å². The van der Waals surface area contributed by atoms with Crippen LogP contribution in [0.3, 0.4) is 0 Å². The lowest BCUT2D eigenvalue weighted by molar-refractivity contribution is -0.127. The van der Waals surface area contributed by atoms with Gasteiger partial charge in [-0.15, -0.1) is 0 Å². The number of ether oxygens (including phenoxy) is 1. The van der Waals surface area contributed by atoms with E-state index in [0.29, 0.717) is 49.1 Å². The van der Waals surface area contributed by atoms with E-state index in [9.17, 15) is 18.3 Å². The molecule has 1 aliphatic heterocycles. The maximum Gasteiger partial charge on any atom is 0.222 e. The smallest absolute Gasteiger partial charge is 0.222 e. The van der Waals surface area contributed by atoms with Crippen LogP contribution in [0.4, 0.5) is 5.82 Å². The van der Waals surface area contributed by atoms with Crippen molar-refractivity contribution >= 4 is 21.6 Å². The van der Waals surface area contributed by atoms with Crippen LogP contribution in [-0.4, -0.2) is 86.5 Å². The summed E-state index contributed by atoms with van der Waals surface area (Å²) in [5.74, 6) is 1.88. The number of aliphatic hydroxyl groups is 1. The fourth-order valence-corrected chi connectivity index (χ4v) is 4.96. The molecule has 2 heterocycles. The summed E-state index contributed by atoms with van der Waals surface area (Å²) in [6, 6.07) is 15.8. The molecule has 1 fully saturated rings. The van der Waals surface area contributed by atoms with E-state index in [2.05, 4.69) is 10.6 Å². The Hall–Kier alpha value is -3.54. The lowest BCUT2D eigenvalue weighted by atomic mass is 10.1. The third-order valence-electron chi connectivity index (χ3n) is 6.36. The molecular weight excluding hydrogens is 518 g/mol. The zero-order valence-corrected chi connectivity index (χ0v) is 23.1. The van der Waals surface area contributed by atoms with Gasteiger partial charge in [-0.05, 0) is 44.2 Å². The van der Waals surface area contributed by atoms with Crippen molar-refractivity contribution in [2.75, 3.05) is 51.4 Å². The van der Waals surface area contributed by atoms with Gasteiger partial charge in [0.05, 0.1) is 10.6 Å². The maximum absolute atomic E-state index is 11.9. The summed E-state index contributed by atoms with van der Waals surface area (Å²) in [5.41, 5.74) is 2.11. The summed E-state index contributed by atoms with van der Waals surface area (Å²) < 4.78 is 29.6. The molecule has 0 bridgehead atoms. The third-order valence-corrected chi connectivity index (χ3v) is 7.49. The van der Waals surface area contributed by atoms with Gasteiger partial charge >= 0.3 is 0 Å². The minimum atomic E-state index is -3.32. The fourth-order valence-electron chi connectivity index (χ4n) is 4.33. The van der Waals surface area contributed by atoms with E-state index in [1.54, 1.807) is 31.3 Å². The van der Waals surface area contributed by atoms with Crippen LogP contribution in [-0.2, 0) is 14.6 Å². The highest BCUT2D eigenvalue weighted by atomic mass is 32.2. The lowest BCUT2D eigenvalue weighted by Crippen LogP contribution is -2.29. The maximum atomic E-state index is 11.9. The van der Waals surface area contributed by atoms with Crippen molar-refractivity contribution in [1.29, 1.82) is 0 Å². The van der Waals surface area contributed by atoms with Gasteiger partial charge in [-0.1, -0.05) is 24.3 Å². The molecule has 1 aromatic heterocycles. The highest BCUT2D eigenvalue weighted by Crippen LogP contribution is 2.27. The molecule has 39 heavy (non-hydrogen) atoms. The number of benzene rings is 2. The van der Waals surface area contributed by atoms with Gasteiger partial charge in [0.1, 0.15) is 24.3 Å². The number of rotatable bonds is 13. The van der Waals surface area contributed by atoms with Crippen molar-refractivity contribution in [3.8, 4) is 28.4 Å². The second-order valence-electron chi connectivity index (χ2n) is 9.57. The molecule has 208 valence electrons. The van der Waals surface area contributed by atoms with Crippen LogP contribution in [0.2, 0.25) is 0 Å². The zero-order valence-electron chi connectivity index (χ0n) is 22.3. The van der Waals surface area contributed by atoms with Crippen molar-refractivity contribution in [2.45, 2.75) is 30.3 Å². The fraction of sp³-hybridized carbons (Fsp3) is 0.393. The Morgan fingerprint density at radius 3 is 2.59 bits per heavy atom. The minimum Gasteiger partial charge on any atom is -0.491 e. The van der Waals surface area contributed by atoms with Gasteiger partial charge in [0, 0.05) is 56.0 Å². The molecule has 1 atom stereocenters. The van der Waals surface area contributed by atoms with E-state index in [1.807, 2.05) is 35.2 Å². The highest BCUT2D eigenvalue weighted by Gasteiger charge is 2.19. The van der Waals surface area contributed by atoms with E-state index in [1.165, 1.54) is 6.26 Å². The first-order chi connectivity index (χ1) is 18.7. The molecule has 0 radical (unpaired) electrons. The number of anilines is 1. The van der Waals surface area contributed by atoms with E-state index in [-0.39, 0.29) is 17.4 Å². The van der Waals surface area contributed by atoms with Crippen LogP contribution < -0.4 is 15.4 Å². The number of nitrogens with one attached hydrogen (secondary N) is 2. The van der Waals surface area contributed by atoms with Gasteiger partial charge in [0.2, 0.25) is 5.91 Å². The Labute approximate surface area is 229 Å². The van der Waals surface area contributed by atoms with Gasteiger partial charge in [-0.2, -0.15) is 0 Å². The second-order valence-corrected chi connectivity index (χ2v) is 11.6. The number of hydrogen-bond acceptors (Lipinski definition) is 9. The molecule has 1 saturated heterocycles. The summed E-state index contributed by atoms with van der Waals surface area (Å²) in [7, 11) is -1.55. The molecule has 4 rings (SSSR count). The van der Waals surface area contributed by atoms with Gasteiger partial charge in [-0.3, -0.25) is 4.79 Å². The number of amides is 1. The van der Waals surface area contributed by atoms with Crippen molar-refractivity contribution < 1.29 is 23.1 Å². The molecular formula is C28H35N5O5S. The first-order valence-corrected chi connectivity index (χ1v) is 14.9. The van der Waals surface area contributed by atoms with E-state index in [4.69, 9.17) is 14.7 Å². The minimum absolute atomic E-state index is 0.143. The Morgan fingerprint density at radius 2 is 1.90 bits per heavy atom.